The molecule has 0 spiro atoms. The van der Waals surface area contributed by atoms with Crippen LogP contribution in [0, 0.1) is 0 Å². The molecule has 4 nitrogen and oxygen atoms in total. The van der Waals surface area contributed by atoms with Crippen LogP contribution in [0.15, 0.2) is 473 Å². The fourth-order valence-corrected chi connectivity index (χ4v) is 22.6. The molecule has 0 N–H and O–H groups in total. The molecule has 0 aliphatic rings. The number of aromatic nitrogens is 4. The maximum atomic E-state index is 5.65. The highest BCUT2D eigenvalue weighted by Gasteiger charge is 2.24. The van der Waals surface area contributed by atoms with Gasteiger partial charge in [0.15, 0.2) is 0 Å². The predicted octanol–water partition coefficient (Wildman–Crippen LogP) is 36.2. The number of pyridine rings is 4. The van der Waals surface area contributed by atoms with Gasteiger partial charge in [-0.2, -0.15) is 0 Å². The molecule has 0 bridgehead atoms. The normalized spacial score (nSPS) is 12.0. The summed E-state index contributed by atoms with van der Waals surface area (Å²) >= 11 is 0. The van der Waals surface area contributed by atoms with Gasteiger partial charge in [0.05, 0.1) is 44.8 Å². The lowest BCUT2D eigenvalue weighted by atomic mass is 9.87. The Morgan fingerprint density at radius 3 is 0.684 bits per heavy atom. The minimum atomic E-state index is 0.927. The van der Waals surface area contributed by atoms with Gasteiger partial charge in [-0.05, 0) is 257 Å². The first-order chi connectivity index (χ1) is 67.4. The molecule has 29 aromatic rings. The van der Waals surface area contributed by atoms with Gasteiger partial charge in [0, 0.05) is 60.0 Å². The summed E-state index contributed by atoms with van der Waals surface area (Å²) in [5.41, 5.74) is 21.4. The summed E-state index contributed by atoms with van der Waals surface area (Å²) in [5, 5.41) is 41.9. The topological polar surface area (TPSA) is 51.6 Å². The lowest BCUT2D eigenvalue weighted by molar-refractivity contribution is 1.38. The largest absolute Gasteiger partial charge is 0.248 e. The van der Waals surface area contributed by atoms with Crippen LogP contribution in [0.4, 0.5) is 0 Å². The van der Waals surface area contributed by atoms with Crippen LogP contribution < -0.4 is 0 Å². The fraction of sp³-hybridized carbons (Fsp3) is 0. The summed E-state index contributed by atoms with van der Waals surface area (Å²) in [6.07, 6.45) is 0. The van der Waals surface area contributed by atoms with Crippen molar-refractivity contribution >= 4 is 205 Å². The number of hydrogen-bond donors (Lipinski definition) is 0. The zero-order valence-electron chi connectivity index (χ0n) is 73.8. The zero-order valence-corrected chi connectivity index (χ0v) is 73.8. The number of rotatable bonds is 8. The number of nitrogens with zero attached hydrogens (tertiary/aromatic N) is 4. The van der Waals surface area contributed by atoms with Gasteiger partial charge in [0.25, 0.3) is 0 Å². The average molecular weight is 1720 g/mol. The maximum Gasteiger partial charge on any atom is 0.0794 e. The fourth-order valence-electron chi connectivity index (χ4n) is 22.6. The molecule has 0 saturated heterocycles. The van der Waals surface area contributed by atoms with E-state index in [4.69, 9.17) is 19.9 Å². The van der Waals surface area contributed by atoms with Crippen molar-refractivity contribution in [2.24, 2.45) is 0 Å². The van der Waals surface area contributed by atoms with Gasteiger partial charge in [0.1, 0.15) is 0 Å². The third-order valence-electron chi connectivity index (χ3n) is 29.0. The van der Waals surface area contributed by atoms with E-state index in [1.165, 1.54) is 173 Å². The molecule has 4 heterocycles. The second kappa shape index (κ2) is 30.8. The summed E-state index contributed by atoms with van der Waals surface area (Å²) < 4.78 is 0. The molecular formula is C132H78N4. The highest BCUT2D eigenvalue weighted by molar-refractivity contribution is 6.32. The van der Waals surface area contributed by atoms with Gasteiger partial charge in [0.2, 0.25) is 0 Å². The zero-order chi connectivity index (χ0) is 89.2. The van der Waals surface area contributed by atoms with E-state index in [0.717, 1.165) is 122 Å². The molecule has 0 saturated carbocycles. The molecule has 4 aromatic heterocycles. The molecule has 0 fully saturated rings. The number of para-hydroxylation sites is 2. The Bertz CT molecular complexity index is 10100. The standard InChI is InChI=1S/C68H40N2.C64H38N2/c1-3-19-49-45(15-1)47-17-5-7-21-51(47)62-37-43(33-35-55(49)62)60-39-64-61(44-34-36-56-50-20-4-2-16-46(50)48-18-6-8-22-52(48)63(56)38-44)40-66(70-68(64)59-27-12-10-24-54(59)60)41-29-31-42(32-30-41)67-58-26-11-9-23-53(58)57-25-13-14-28-65(57)69-67;1-12-24-61-39(13-1)31-34-62(65-61)40-25-27-41(28-26-40)63-38-57(43-30-33-54-49-19-5-3-15-45(49)47-17-7-9-21-51(47)59(54)36-43)60-37-56(52-22-10-11-23-55(52)64(60)66-63)42-29-32-53-48-18-4-2-14-44(48)46-16-6-8-20-50(46)58(53)35-42/h1-40H;1-38H. The monoisotopic (exact) mass is 1720 g/mol. The Morgan fingerprint density at radius 2 is 0.346 bits per heavy atom. The summed E-state index contributed by atoms with van der Waals surface area (Å²) in [6, 6.07) is 173. The molecule has 0 amide bonds. The second-order valence-corrected chi connectivity index (χ2v) is 36.3. The van der Waals surface area contributed by atoms with Crippen molar-refractivity contribution < 1.29 is 0 Å². The smallest absolute Gasteiger partial charge is 0.0794 e. The number of benzene rings is 25. The molecule has 0 atom stereocenters. The van der Waals surface area contributed by atoms with Crippen LogP contribution in [-0.2, 0) is 0 Å². The van der Waals surface area contributed by atoms with E-state index in [0.29, 0.717) is 0 Å². The molecule has 626 valence electrons. The van der Waals surface area contributed by atoms with Crippen LogP contribution >= 0.6 is 0 Å². The summed E-state index contributed by atoms with van der Waals surface area (Å²) in [5.74, 6) is 0. The Hall–Kier alpha value is -18.0. The molecule has 4 heteroatoms. The van der Waals surface area contributed by atoms with Crippen molar-refractivity contribution in [3.63, 3.8) is 0 Å². The van der Waals surface area contributed by atoms with Crippen molar-refractivity contribution in [3.8, 4) is 89.5 Å². The number of fused-ring (bicyclic) bond motifs is 34. The van der Waals surface area contributed by atoms with Gasteiger partial charge in [-0.3, -0.25) is 0 Å². The van der Waals surface area contributed by atoms with E-state index >= 15 is 0 Å². The Kier molecular flexibility index (Phi) is 17.4. The first-order valence-electron chi connectivity index (χ1n) is 46.9. The average Bonchev–Trinajstić information content (AvgIpc) is 0.734. The molecule has 136 heavy (non-hydrogen) atoms. The van der Waals surface area contributed by atoms with Crippen molar-refractivity contribution in [2.75, 3.05) is 0 Å². The van der Waals surface area contributed by atoms with E-state index in [2.05, 4.69) is 467 Å². The molecule has 29 rings (SSSR count). The van der Waals surface area contributed by atoms with Crippen LogP contribution in [0.1, 0.15) is 0 Å². The first kappa shape index (κ1) is 76.9. The molecular weight excluding hydrogens is 1640 g/mol. The molecule has 0 aliphatic heterocycles. The summed E-state index contributed by atoms with van der Waals surface area (Å²) in [7, 11) is 0. The van der Waals surface area contributed by atoms with Crippen molar-refractivity contribution in [3.05, 3.63) is 473 Å². The van der Waals surface area contributed by atoms with Crippen molar-refractivity contribution in [2.45, 2.75) is 0 Å². The maximum absolute atomic E-state index is 5.65. The van der Waals surface area contributed by atoms with Crippen LogP contribution in [0.5, 0.6) is 0 Å². The van der Waals surface area contributed by atoms with Crippen LogP contribution in [0.2, 0.25) is 0 Å². The second-order valence-electron chi connectivity index (χ2n) is 36.3. The summed E-state index contributed by atoms with van der Waals surface area (Å²) in [4.78, 5) is 21.5. The first-order valence-corrected chi connectivity index (χ1v) is 46.9. The van der Waals surface area contributed by atoms with E-state index in [1.54, 1.807) is 0 Å². The van der Waals surface area contributed by atoms with Gasteiger partial charge in [-0.1, -0.05) is 406 Å². The van der Waals surface area contributed by atoms with Crippen LogP contribution in [0.3, 0.4) is 0 Å². The quantitative estimate of drug-likeness (QED) is 0.142. The van der Waals surface area contributed by atoms with E-state index in [-0.39, 0.29) is 0 Å². The molecule has 0 aliphatic carbocycles. The highest BCUT2D eigenvalue weighted by Crippen LogP contribution is 2.50. The Morgan fingerprint density at radius 1 is 0.110 bits per heavy atom. The van der Waals surface area contributed by atoms with E-state index < -0.39 is 0 Å². The molecule has 0 radical (unpaired) electrons. The molecule has 0 unspecified atom stereocenters. The van der Waals surface area contributed by atoms with Crippen LogP contribution in [0.25, 0.3) is 295 Å². The third-order valence-corrected chi connectivity index (χ3v) is 29.0. The van der Waals surface area contributed by atoms with E-state index in [1.807, 2.05) is 6.07 Å². The van der Waals surface area contributed by atoms with Gasteiger partial charge in [-0.25, -0.2) is 19.9 Å². The van der Waals surface area contributed by atoms with Gasteiger partial charge in [-0.15, -0.1) is 0 Å². The van der Waals surface area contributed by atoms with E-state index in [9.17, 15) is 0 Å². The van der Waals surface area contributed by atoms with Gasteiger partial charge >= 0.3 is 0 Å². The van der Waals surface area contributed by atoms with Crippen molar-refractivity contribution in [1.82, 2.24) is 19.9 Å². The lowest BCUT2D eigenvalue weighted by Crippen LogP contribution is -1.94. The number of hydrogen-bond acceptors (Lipinski definition) is 4. The molecule has 25 aromatic carbocycles. The van der Waals surface area contributed by atoms with Gasteiger partial charge < -0.3 is 0 Å². The van der Waals surface area contributed by atoms with Crippen LogP contribution in [-0.4, -0.2) is 19.9 Å². The predicted molar refractivity (Wildman–Crippen MR) is 580 cm³/mol. The Balaban J connectivity index is 0.000000135. The SMILES string of the molecule is c1ccc2c(c1)nc(-c1ccc(-c3cc(-c4ccc5c6ccccc6c6ccccc6c5c4)c4cc(-c5ccc6c7ccccc7c7ccccc7c6c5)c5ccccc5c4n3)cc1)c1ccccc12.c1ccc2nc(-c3ccc(-c4cc(-c5ccc6c7ccccc7c7ccccc7c6c5)c5cc(-c6ccc7c8ccccc8c8ccccc8c7c6)c6ccccc6c5n4)cc3)ccc2c1. The summed E-state index contributed by atoms with van der Waals surface area (Å²) in [6.45, 7) is 0. The minimum absolute atomic E-state index is 0.927. The minimum Gasteiger partial charge on any atom is -0.248 e. The Labute approximate surface area is 782 Å². The highest BCUT2D eigenvalue weighted by atomic mass is 14.7. The lowest BCUT2D eigenvalue weighted by Gasteiger charge is -2.18. The van der Waals surface area contributed by atoms with Crippen molar-refractivity contribution in [1.29, 1.82) is 0 Å². The third kappa shape index (κ3) is 12.3.